The molecule has 2 heterocycles. The van der Waals surface area contributed by atoms with Gasteiger partial charge in [0.25, 0.3) is 0 Å². The van der Waals surface area contributed by atoms with Crippen LogP contribution >= 0.6 is 0 Å². The summed E-state index contributed by atoms with van der Waals surface area (Å²) in [7, 11) is 0. The van der Waals surface area contributed by atoms with Crippen LogP contribution in [0.15, 0.2) is 54.6 Å². The van der Waals surface area contributed by atoms with Crippen molar-refractivity contribution in [2.45, 2.75) is 26.4 Å². The lowest BCUT2D eigenvalue weighted by molar-refractivity contribution is 0.139. The highest BCUT2D eigenvalue weighted by molar-refractivity contribution is 5.78. The van der Waals surface area contributed by atoms with Crippen molar-refractivity contribution < 1.29 is 9.84 Å². The zero-order valence-corrected chi connectivity index (χ0v) is 16.6. The topological polar surface area (TPSA) is 45.6 Å². The van der Waals surface area contributed by atoms with E-state index in [4.69, 9.17) is 9.72 Å². The van der Waals surface area contributed by atoms with Gasteiger partial charge in [-0.25, -0.2) is 0 Å². The molecule has 0 unspecified atom stereocenters. The first-order valence-electron chi connectivity index (χ1n) is 10.0. The predicted octanol–water partition coefficient (Wildman–Crippen LogP) is 3.77. The fraction of sp³-hybridized carbons (Fsp3) is 0.375. The molecule has 1 aromatic heterocycles. The average molecular weight is 377 g/mol. The van der Waals surface area contributed by atoms with E-state index in [0.29, 0.717) is 13.2 Å². The summed E-state index contributed by atoms with van der Waals surface area (Å²) in [5, 5.41) is 11.7. The minimum absolute atomic E-state index is 0.217. The van der Waals surface area contributed by atoms with Crippen LogP contribution in [0, 0.1) is 19.8 Å². The van der Waals surface area contributed by atoms with Gasteiger partial charge in [0.1, 0.15) is 12.4 Å². The fourth-order valence-electron chi connectivity index (χ4n) is 4.06. The number of aryl methyl sites for hydroxylation is 2. The molecule has 2 atom stereocenters. The monoisotopic (exact) mass is 376 g/mol. The Kier molecular flexibility index (Phi) is 5.60. The highest BCUT2D eigenvalue weighted by Crippen LogP contribution is 2.23. The molecular formula is C24H28N2O2. The van der Waals surface area contributed by atoms with Gasteiger partial charge in [0.15, 0.2) is 0 Å². The van der Waals surface area contributed by atoms with E-state index in [1.807, 2.05) is 24.3 Å². The maximum Gasteiger partial charge on any atom is 0.122 e. The number of para-hydroxylation sites is 1. The van der Waals surface area contributed by atoms with E-state index in [1.165, 1.54) is 11.1 Å². The third-order valence-electron chi connectivity index (χ3n) is 5.61. The van der Waals surface area contributed by atoms with Crippen LogP contribution in [0.3, 0.4) is 0 Å². The first-order valence-corrected chi connectivity index (χ1v) is 10.0. The largest absolute Gasteiger partial charge is 0.492 e. The van der Waals surface area contributed by atoms with E-state index < -0.39 is 0 Å². The zero-order chi connectivity index (χ0) is 19.5. The molecule has 1 N–H and O–H groups in total. The van der Waals surface area contributed by atoms with Crippen LogP contribution in [0.1, 0.15) is 16.8 Å². The number of benzene rings is 2. The summed E-state index contributed by atoms with van der Waals surface area (Å²) in [5.74, 6) is 1.16. The number of ether oxygens (including phenoxy) is 1. The van der Waals surface area contributed by atoms with Crippen molar-refractivity contribution >= 4 is 10.9 Å². The summed E-state index contributed by atoms with van der Waals surface area (Å²) in [4.78, 5) is 7.05. The highest BCUT2D eigenvalue weighted by Gasteiger charge is 2.31. The van der Waals surface area contributed by atoms with Crippen molar-refractivity contribution in [3.63, 3.8) is 0 Å². The Morgan fingerprint density at radius 1 is 1.07 bits per heavy atom. The van der Waals surface area contributed by atoms with Gasteiger partial charge in [-0.3, -0.25) is 9.88 Å². The van der Waals surface area contributed by atoms with Crippen LogP contribution < -0.4 is 4.74 Å². The summed E-state index contributed by atoms with van der Waals surface area (Å²) < 4.78 is 5.96. The second-order valence-electron chi connectivity index (χ2n) is 7.90. The van der Waals surface area contributed by atoms with Gasteiger partial charge in [-0.05, 0) is 44.0 Å². The lowest BCUT2D eigenvalue weighted by atomic mass is 9.99. The number of hydrogen-bond acceptors (Lipinski definition) is 4. The molecule has 0 spiro atoms. The minimum Gasteiger partial charge on any atom is -0.492 e. The van der Waals surface area contributed by atoms with Gasteiger partial charge in [0.2, 0.25) is 0 Å². The lowest BCUT2D eigenvalue weighted by Crippen LogP contribution is -2.27. The molecule has 0 bridgehead atoms. The number of rotatable bonds is 6. The molecule has 4 heteroatoms. The molecule has 3 aromatic rings. The number of likely N-dealkylation sites (tertiary alicyclic amines) is 1. The molecule has 0 radical (unpaired) electrons. The van der Waals surface area contributed by atoms with Crippen LogP contribution in [0.5, 0.6) is 5.75 Å². The third-order valence-corrected chi connectivity index (χ3v) is 5.61. The van der Waals surface area contributed by atoms with Crippen molar-refractivity contribution in [3.8, 4) is 5.75 Å². The van der Waals surface area contributed by atoms with Gasteiger partial charge in [0, 0.05) is 36.6 Å². The Bertz CT molecular complexity index is 956. The van der Waals surface area contributed by atoms with E-state index in [9.17, 15) is 5.11 Å². The molecule has 0 amide bonds. The standard InChI is InChI=1S/C24H28N2O2/c1-17-7-10-24(18(2)13-17)28-12-11-26-15-20(23(27)16-26)14-21-9-8-19-5-3-4-6-22(19)25-21/h3-10,13,20,23,27H,11-12,14-16H2,1-2H3/t20-,23-/m1/s1. The summed E-state index contributed by atoms with van der Waals surface area (Å²) in [6, 6.07) is 18.6. The van der Waals surface area contributed by atoms with E-state index in [0.717, 1.165) is 41.9 Å². The minimum atomic E-state index is -0.311. The second kappa shape index (κ2) is 8.29. The Morgan fingerprint density at radius 2 is 1.93 bits per heavy atom. The number of aromatic nitrogens is 1. The van der Waals surface area contributed by atoms with Crippen molar-refractivity contribution in [3.05, 3.63) is 71.4 Å². The number of fused-ring (bicyclic) bond motifs is 1. The van der Waals surface area contributed by atoms with E-state index in [1.54, 1.807) is 0 Å². The maximum absolute atomic E-state index is 10.5. The van der Waals surface area contributed by atoms with Gasteiger partial charge in [-0.1, -0.05) is 42.0 Å². The number of aliphatic hydroxyl groups is 1. The second-order valence-corrected chi connectivity index (χ2v) is 7.90. The van der Waals surface area contributed by atoms with E-state index in [-0.39, 0.29) is 12.0 Å². The molecule has 4 nitrogen and oxygen atoms in total. The Morgan fingerprint density at radius 3 is 2.79 bits per heavy atom. The molecule has 0 aliphatic carbocycles. The normalized spacial score (nSPS) is 20.0. The molecule has 4 rings (SSSR count). The van der Waals surface area contributed by atoms with E-state index in [2.05, 4.69) is 49.1 Å². The Balaban J connectivity index is 1.31. The fourth-order valence-corrected chi connectivity index (χ4v) is 4.06. The lowest BCUT2D eigenvalue weighted by Gasteiger charge is -2.17. The molecule has 1 aliphatic heterocycles. The highest BCUT2D eigenvalue weighted by atomic mass is 16.5. The molecule has 0 saturated carbocycles. The number of aliphatic hydroxyl groups excluding tert-OH is 1. The van der Waals surface area contributed by atoms with Crippen LogP contribution in [-0.2, 0) is 6.42 Å². The van der Waals surface area contributed by atoms with Crippen LogP contribution in [0.4, 0.5) is 0 Å². The Hall–Kier alpha value is -2.43. The zero-order valence-electron chi connectivity index (χ0n) is 16.6. The van der Waals surface area contributed by atoms with Crippen molar-refractivity contribution in [2.75, 3.05) is 26.2 Å². The van der Waals surface area contributed by atoms with Gasteiger partial charge >= 0.3 is 0 Å². The van der Waals surface area contributed by atoms with Gasteiger partial charge in [-0.15, -0.1) is 0 Å². The summed E-state index contributed by atoms with van der Waals surface area (Å²) in [6.45, 7) is 7.21. The number of β-amino-alcohol motifs (C(OH)–C–C–N with tert-alkyl or cyclic N) is 1. The van der Waals surface area contributed by atoms with Gasteiger partial charge in [-0.2, -0.15) is 0 Å². The maximum atomic E-state index is 10.5. The number of pyridine rings is 1. The smallest absolute Gasteiger partial charge is 0.122 e. The number of hydrogen-bond donors (Lipinski definition) is 1. The molecule has 146 valence electrons. The van der Waals surface area contributed by atoms with Crippen molar-refractivity contribution in [1.29, 1.82) is 0 Å². The van der Waals surface area contributed by atoms with Crippen molar-refractivity contribution in [1.82, 2.24) is 9.88 Å². The first kappa shape index (κ1) is 18.9. The van der Waals surface area contributed by atoms with Crippen LogP contribution in [0.25, 0.3) is 10.9 Å². The van der Waals surface area contributed by atoms with Crippen LogP contribution in [-0.4, -0.2) is 47.3 Å². The summed E-state index contributed by atoms with van der Waals surface area (Å²) >= 11 is 0. The molecule has 28 heavy (non-hydrogen) atoms. The van der Waals surface area contributed by atoms with Crippen molar-refractivity contribution in [2.24, 2.45) is 5.92 Å². The molecule has 1 saturated heterocycles. The average Bonchev–Trinajstić information content (AvgIpc) is 3.03. The summed E-state index contributed by atoms with van der Waals surface area (Å²) in [6.07, 6.45) is 0.495. The SMILES string of the molecule is Cc1ccc(OCCN2C[C@@H](Cc3ccc4ccccc4n3)[C@H](O)C2)c(C)c1. The van der Waals surface area contributed by atoms with Gasteiger partial charge < -0.3 is 9.84 Å². The molecule has 2 aromatic carbocycles. The third kappa shape index (κ3) is 4.34. The quantitative estimate of drug-likeness (QED) is 0.711. The van der Waals surface area contributed by atoms with E-state index >= 15 is 0 Å². The molecule has 1 aliphatic rings. The molecule has 1 fully saturated rings. The first-order chi connectivity index (χ1) is 13.6. The van der Waals surface area contributed by atoms with Crippen LogP contribution in [0.2, 0.25) is 0 Å². The number of nitrogens with zero attached hydrogens (tertiary/aromatic N) is 2. The summed E-state index contributed by atoms with van der Waals surface area (Å²) in [5.41, 5.74) is 4.49. The Labute approximate surface area is 166 Å². The molecular weight excluding hydrogens is 348 g/mol. The van der Waals surface area contributed by atoms with Gasteiger partial charge in [0.05, 0.1) is 11.6 Å². The predicted molar refractivity (Wildman–Crippen MR) is 113 cm³/mol.